The number of benzene rings is 1. The van der Waals surface area contributed by atoms with E-state index in [1.807, 2.05) is 12.1 Å². The molecule has 1 saturated carbocycles. The Morgan fingerprint density at radius 1 is 1.17 bits per heavy atom. The Balaban J connectivity index is 1.84. The Hall–Kier alpha value is -1.16. The third-order valence-corrected chi connectivity index (χ3v) is 3.84. The largest absolute Gasteiger partial charge is 0.348 e. The minimum atomic E-state index is -0.0474. The summed E-state index contributed by atoms with van der Waals surface area (Å²) in [6.07, 6.45) is 4.16. The molecule has 3 nitrogen and oxygen atoms in total. The Morgan fingerprint density at radius 2 is 1.78 bits per heavy atom. The predicted octanol–water partition coefficient (Wildman–Crippen LogP) is 2.94. The van der Waals surface area contributed by atoms with E-state index in [0.29, 0.717) is 5.56 Å². The van der Waals surface area contributed by atoms with Crippen LogP contribution in [0.2, 0.25) is 0 Å². The van der Waals surface area contributed by atoms with E-state index in [1.54, 1.807) is 12.1 Å². The molecule has 18 heavy (non-hydrogen) atoms. The normalized spacial score (nSPS) is 15.6. The molecule has 1 aliphatic rings. The Morgan fingerprint density at radius 3 is 2.39 bits per heavy atom. The lowest BCUT2D eigenvalue weighted by Gasteiger charge is -2.09. The predicted molar refractivity (Wildman–Crippen MR) is 73.4 cm³/mol. The third kappa shape index (κ3) is 3.42. The van der Waals surface area contributed by atoms with E-state index in [2.05, 4.69) is 21.2 Å². The first-order valence-electron chi connectivity index (χ1n) is 6.23. The molecule has 1 aliphatic carbocycles. The van der Waals surface area contributed by atoms with Gasteiger partial charge in [-0.2, -0.15) is 0 Å². The van der Waals surface area contributed by atoms with Crippen molar-refractivity contribution in [3.05, 3.63) is 34.3 Å². The van der Waals surface area contributed by atoms with Gasteiger partial charge in [0.05, 0.1) is 6.54 Å². The van der Waals surface area contributed by atoms with Crippen LogP contribution in [-0.2, 0) is 4.79 Å². The molecule has 2 rings (SSSR count). The van der Waals surface area contributed by atoms with Crippen LogP contribution in [0.25, 0.3) is 0 Å². The third-order valence-electron chi connectivity index (χ3n) is 3.32. The van der Waals surface area contributed by atoms with Gasteiger partial charge in [-0.15, -0.1) is 0 Å². The summed E-state index contributed by atoms with van der Waals surface area (Å²) in [5, 5.41) is 2.74. The highest BCUT2D eigenvalue weighted by molar-refractivity contribution is 9.10. The number of amides is 1. The number of ketones is 1. The molecule has 1 fully saturated rings. The molecule has 0 atom stereocenters. The molecule has 1 amide bonds. The van der Waals surface area contributed by atoms with Crippen molar-refractivity contribution in [2.75, 3.05) is 6.54 Å². The van der Waals surface area contributed by atoms with Crippen LogP contribution in [-0.4, -0.2) is 18.2 Å². The molecule has 0 aliphatic heterocycles. The van der Waals surface area contributed by atoms with Crippen molar-refractivity contribution < 1.29 is 9.59 Å². The van der Waals surface area contributed by atoms with Crippen LogP contribution < -0.4 is 5.32 Å². The van der Waals surface area contributed by atoms with Crippen LogP contribution in [0.3, 0.4) is 0 Å². The topological polar surface area (TPSA) is 46.2 Å². The van der Waals surface area contributed by atoms with Crippen molar-refractivity contribution in [1.82, 2.24) is 5.32 Å². The highest BCUT2D eigenvalue weighted by atomic mass is 79.9. The number of carbonyl (C=O) groups is 2. The number of rotatable bonds is 4. The number of nitrogens with one attached hydrogen (secondary N) is 1. The van der Waals surface area contributed by atoms with Gasteiger partial charge < -0.3 is 5.32 Å². The fourth-order valence-corrected chi connectivity index (χ4v) is 2.50. The van der Waals surface area contributed by atoms with Crippen molar-refractivity contribution in [2.24, 2.45) is 5.92 Å². The van der Waals surface area contributed by atoms with E-state index in [1.165, 1.54) is 0 Å². The van der Waals surface area contributed by atoms with Gasteiger partial charge in [-0.3, -0.25) is 9.59 Å². The molecular weight excluding hydrogens is 294 g/mol. The van der Waals surface area contributed by atoms with Crippen molar-refractivity contribution in [2.45, 2.75) is 25.7 Å². The van der Waals surface area contributed by atoms with Crippen LogP contribution in [0.15, 0.2) is 28.7 Å². The summed E-state index contributed by atoms with van der Waals surface area (Å²) in [6, 6.07) is 7.17. The second-order valence-corrected chi connectivity index (χ2v) is 5.54. The summed E-state index contributed by atoms with van der Waals surface area (Å²) in [5.41, 5.74) is 0.630. The van der Waals surface area contributed by atoms with Crippen LogP contribution in [0.4, 0.5) is 0 Å². The minimum Gasteiger partial charge on any atom is -0.348 e. The van der Waals surface area contributed by atoms with Crippen molar-refractivity contribution in [3.63, 3.8) is 0 Å². The molecule has 0 saturated heterocycles. The van der Waals surface area contributed by atoms with Gasteiger partial charge in [0, 0.05) is 16.0 Å². The molecule has 4 heteroatoms. The van der Waals surface area contributed by atoms with Crippen LogP contribution in [0, 0.1) is 5.92 Å². The van der Waals surface area contributed by atoms with E-state index in [0.717, 1.165) is 30.2 Å². The lowest BCUT2D eigenvalue weighted by molar-refractivity contribution is -0.124. The summed E-state index contributed by atoms with van der Waals surface area (Å²) in [4.78, 5) is 23.6. The highest BCUT2D eigenvalue weighted by Gasteiger charge is 2.22. The molecule has 0 spiro atoms. The van der Waals surface area contributed by atoms with Crippen LogP contribution in [0.5, 0.6) is 0 Å². The lowest BCUT2D eigenvalue weighted by atomic mass is 10.1. The molecule has 0 aromatic heterocycles. The standard InChI is InChI=1S/C14H16BrNO2/c15-12-7-5-10(6-8-12)13(17)9-16-14(18)11-3-1-2-4-11/h5-8,11H,1-4,9H2,(H,16,18). The molecule has 1 N–H and O–H groups in total. The second-order valence-electron chi connectivity index (χ2n) is 4.63. The first-order chi connectivity index (χ1) is 8.66. The van der Waals surface area contributed by atoms with Crippen molar-refractivity contribution >= 4 is 27.6 Å². The molecule has 1 aromatic rings. The first-order valence-corrected chi connectivity index (χ1v) is 7.02. The van der Waals surface area contributed by atoms with E-state index >= 15 is 0 Å². The zero-order chi connectivity index (χ0) is 13.0. The zero-order valence-electron chi connectivity index (χ0n) is 10.1. The fourth-order valence-electron chi connectivity index (χ4n) is 2.24. The van der Waals surface area contributed by atoms with Crippen LogP contribution in [0.1, 0.15) is 36.0 Å². The summed E-state index contributed by atoms with van der Waals surface area (Å²) >= 11 is 3.32. The Bertz CT molecular complexity index is 436. The quantitative estimate of drug-likeness (QED) is 0.869. The summed E-state index contributed by atoms with van der Waals surface area (Å²) < 4.78 is 0.939. The van der Waals surface area contributed by atoms with Gasteiger partial charge >= 0.3 is 0 Å². The van der Waals surface area contributed by atoms with E-state index in [4.69, 9.17) is 0 Å². The number of carbonyl (C=O) groups excluding carboxylic acids is 2. The number of hydrogen-bond acceptors (Lipinski definition) is 2. The van der Waals surface area contributed by atoms with Gasteiger partial charge in [0.1, 0.15) is 0 Å². The number of hydrogen-bond donors (Lipinski definition) is 1. The fraction of sp³-hybridized carbons (Fsp3) is 0.429. The second kappa shape index (κ2) is 6.14. The smallest absolute Gasteiger partial charge is 0.223 e. The van der Waals surface area contributed by atoms with Gasteiger partial charge in [-0.1, -0.05) is 40.9 Å². The lowest BCUT2D eigenvalue weighted by Crippen LogP contribution is -2.33. The van der Waals surface area contributed by atoms with Gasteiger partial charge in [-0.05, 0) is 25.0 Å². The van der Waals surface area contributed by atoms with Gasteiger partial charge in [-0.25, -0.2) is 0 Å². The Labute approximate surface area is 115 Å². The van der Waals surface area contributed by atoms with Gasteiger partial charge in [0.25, 0.3) is 0 Å². The molecular formula is C14H16BrNO2. The molecule has 0 heterocycles. The number of Topliss-reactive ketones (excluding diaryl/α,β-unsaturated/α-hetero) is 1. The summed E-state index contributed by atoms with van der Waals surface area (Å²) in [7, 11) is 0. The van der Waals surface area contributed by atoms with Gasteiger partial charge in [0.2, 0.25) is 5.91 Å². The van der Waals surface area contributed by atoms with Crippen molar-refractivity contribution in [1.29, 1.82) is 0 Å². The first kappa shape index (κ1) is 13.3. The molecule has 0 unspecified atom stereocenters. The number of halogens is 1. The Kier molecular flexibility index (Phi) is 4.53. The summed E-state index contributed by atoms with van der Waals surface area (Å²) in [6.45, 7) is 0.0942. The molecule has 0 bridgehead atoms. The molecule has 96 valence electrons. The average molecular weight is 310 g/mol. The maximum atomic E-state index is 11.8. The SMILES string of the molecule is O=C(CNC(=O)C1CCCC1)c1ccc(Br)cc1. The van der Waals surface area contributed by atoms with E-state index < -0.39 is 0 Å². The zero-order valence-corrected chi connectivity index (χ0v) is 11.7. The van der Waals surface area contributed by atoms with Gasteiger partial charge in [0.15, 0.2) is 5.78 Å². The van der Waals surface area contributed by atoms with E-state index in [-0.39, 0.29) is 24.2 Å². The molecule has 1 aromatic carbocycles. The van der Waals surface area contributed by atoms with Crippen LogP contribution >= 0.6 is 15.9 Å². The monoisotopic (exact) mass is 309 g/mol. The minimum absolute atomic E-state index is 0.0259. The summed E-state index contributed by atoms with van der Waals surface area (Å²) in [5.74, 6) is 0.0922. The van der Waals surface area contributed by atoms with Crippen molar-refractivity contribution in [3.8, 4) is 0 Å². The highest BCUT2D eigenvalue weighted by Crippen LogP contribution is 2.24. The molecule has 0 radical (unpaired) electrons. The van der Waals surface area contributed by atoms with E-state index in [9.17, 15) is 9.59 Å². The maximum absolute atomic E-state index is 11.8. The maximum Gasteiger partial charge on any atom is 0.223 e. The average Bonchev–Trinajstić information content (AvgIpc) is 2.90.